The van der Waals surface area contributed by atoms with Crippen molar-refractivity contribution in [2.75, 3.05) is 18.5 Å². The van der Waals surface area contributed by atoms with E-state index in [1.54, 1.807) is 0 Å². The zero-order valence-corrected chi connectivity index (χ0v) is 9.61. The lowest BCUT2D eigenvalue weighted by Gasteiger charge is -2.11. The summed E-state index contributed by atoms with van der Waals surface area (Å²) in [5, 5.41) is 3.32. The third kappa shape index (κ3) is 4.22. The van der Waals surface area contributed by atoms with Crippen LogP contribution in [0.25, 0.3) is 0 Å². The number of anilines is 1. The number of rotatable bonds is 8. The van der Waals surface area contributed by atoms with E-state index in [1.165, 1.54) is 0 Å². The van der Waals surface area contributed by atoms with Crippen LogP contribution < -0.4 is 10.1 Å². The summed E-state index contributed by atoms with van der Waals surface area (Å²) in [7, 11) is 0. The van der Waals surface area contributed by atoms with Crippen LogP contribution in [-0.2, 0) is 0 Å². The van der Waals surface area contributed by atoms with Gasteiger partial charge >= 0.3 is 0 Å². The molecule has 16 heavy (non-hydrogen) atoms. The van der Waals surface area contributed by atoms with Crippen LogP contribution in [0.3, 0.4) is 0 Å². The van der Waals surface area contributed by atoms with Gasteiger partial charge in [0.2, 0.25) is 0 Å². The van der Waals surface area contributed by atoms with Crippen molar-refractivity contribution in [1.82, 2.24) is 0 Å². The van der Waals surface area contributed by atoms with Crippen LogP contribution in [-0.4, -0.2) is 13.2 Å². The predicted octanol–water partition coefficient (Wildman–Crippen LogP) is 3.63. The number of benzene rings is 1. The molecule has 0 aliphatic rings. The molecule has 1 aromatic carbocycles. The fourth-order valence-electron chi connectivity index (χ4n) is 1.30. The molecule has 2 heteroatoms. The van der Waals surface area contributed by atoms with E-state index < -0.39 is 0 Å². The van der Waals surface area contributed by atoms with Crippen molar-refractivity contribution in [3.8, 4) is 5.75 Å². The summed E-state index contributed by atoms with van der Waals surface area (Å²) in [5.41, 5.74) is 1.04. The van der Waals surface area contributed by atoms with Crippen molar-refractivity contribution in [3.05, 3.63) is 49.6 Å². The molecule has 0 fully saturated rings. The van der Waals surface area contributed by atoms with Gasteiger partial charge in [0.05, 0.1) is 12.3 Å². The van der Waals surface area contributed by atoms with E-state index in [0.717, 1.165) is 30.8 Å². The first kappa shape index (κ1) is 12.4. The van der Waals surface area contributed by atoms with Crippen LogP contribution in [0.4, 0.5) is 5.69 Å². The second-order valence-corrected chi connectivity index (χ2v) is 3.43. The van der Waals surface area contributed by atoms with Gasteiger partial charge in [0.25, 0.3) is 0 Å². The number of hydrogen-bond donors (Lipinski definition) is 1. The van der Waals surface area contributed by atoms with Crippen molar-refractivity contribution in [3.63, 3.8) is 0 Å². The first-order valence-electron chi connectivity index (χ1n) is 5.56. The number of nitrogens with one attached hydrogen (secondary N) is 1. The summed E-state index contributed by atoms with van der Waals surface area (Å²) in [6.45, 7) is 8.91. The van der Waals surface area contributed by atoms with E-state index >= 15 is 0 Å². The molecule has 0 aliphatic carbocycles. The number of ether oxygens (including phenoxy) is 1. The second-order valence-electron chi connectivity index (χ2n) is 3.43. The first-order valence-corrected chi connectivity index (χ1v) is 5.56. The van der Waals surface area contributed by atoms with Gasteiger partial charge in [-0.25, -0.2) is 0 Å². The molecule has 0 atom stereocenters. The predicted molar refractivity (Wildman–Crippen MR) is 70.1 cm³/mol. The molecule has 0 aliphatic heterocycles. The Morgan fingerprint density at radius 1 is 1.12 bits per heavy atom. The lowest BCUT2D eigenvalue weighted by Crippen LogP contribution is -2.04. The molecule has 0 saturated carbocycles. The first-order chi connectivity index (χ1) is 7.88. The minimum Gasteiger partial charge on any atom is -0.491 e. The Bertz CT molecular complexity index is 300. The summed E-state index contributed by atoms with van der Waals surface area (Å²) in [4.78, 5) is 0. The molecule has 0 bridgehead atoms. The Morgan fingerprint density at radius 2 is 1.88 bits per heavy atom. The molecule has 0 unspecified atom stereocenters. The Morgan fingerprint density at radius 3 is 2.62 bits per heavy atom. The highest BCUT2D eigenvalue weighted by atomic mass is 16.5. The molecule has 2 nitrogen and oxygen atoms in total. The highest BCUT2D eigenvalue weighted by Gasteiger charge is 2.00. The van der Waals surface area contributed by atoms with Crippen molar-refractivity contribution >= 4 is 5.69 Å². The Balaban J connectivity index is 2.52. The van der Waals surface area contributed by atoms with E-state index in [4.69, 9.17) is 4.74 Å². The van der Waals surface area contributed by atoms with E-state index in [0.29, 0.717) is 6.61 Å². The van der Waals surface area contributed by atoms with Crippen LogP contribution in [0.5, 0.6) is 5.75 Å². The maximum Gasteiger partial charge on any atom is 0.142 e. The fraction of sp³-hybridized carbons (Fsp3) is 0.286. The molecule has 0 radical (unpaired) electrons. The van der Waals surface area contributed by atoms with E-state index in [2.05, 4.69) is 18.5 Å². The topological polar surface area (TPSA) is 21.3 Å². The fourth-order valence-corrected chi connectivity index (χ4v) is 1.30. The number of para-hydroxylation sites is 2. The molecule has 1 rings (SSSR count). The van der Waals surface area contributed by atoms with Gasteiger partial charge in [0.1, 0.15) is 5.75 Å². The van der Waals surface area contributed by atoms with Gasteiger partial charge in [-0.1, -0.05) is 24.3 Å². The van der Waals surface area contributed by atoms with Crippen LogP contribution in [0, 0.1) is 0 Å². The monoisotopic (exact) mass is 217 g/mol. The van der Waals surface area contributed by atoms with Gasteiger partial charge in [-0.3, -0.25) is 0 Å². The van der Waals surface area contributed by atoms with Gasteiger partial charge in [-0.05, 0) is 25.0 Å². The Hall–Kier alpha value is -1.70. The summed E-state index contributed by atoms with van der Waals surface area (Å²) in [6.07, 6.45) is 5.56. The second kappa shape index (κ2) is 7.57. The summed E-state index contributed by atoms with van der Waals surface area (Å²) < 4.78 is 5.65. The SMILES string of the molecule is C=CCCNc1ccccc1OCCC=C. The van der Waals surface area contributed by atoms with Gasteiger partial charge in [-0.15, -0.1) is 13.2 Å². The molecule has 1 aromatic rings. The normalized spacial score (nSPS) is 9.50. The van der Waals surface area contributed by atoms with Gasteiger partial charge in [0, 0.05) is 6.54 Å². The van der Waals surface area contributed by atoms with Crippen LogP contribution in [0.1, 0.15) is 12.8 Å². The van der Waals surface area contributed by atoms with Gasteiger partial charge < -0.3 is 10.1 Å². The van der Waals surface area contributed by atoms with Crippen molar-refractivity contribution in [1.29, 1.82) is 0 Å². The quantitative estimate of drug-likeness (QED) is 0.530. The molecule has 0 saturated heterocycles. The van der Waals surface area contributed by atoms with Gasteiger partial charge in [-0.2, -0.15) is 0 Å². The molecule has 0 amide bonds. The molecule has 0 spiro atoms. The molecule has 86 valence electrons. The lowest BCUT2D eigenvalue weighted by molar-refractivity contribution is 0.326. The number of hydrogen-bond acceptors (Lipinski definition) is 2. The van der Waals surface area contributed by atoms with Gasteiger partial charge in [0.15, 0.2) is 0 Å². The van der Waals surface area contributed by atoms with Crippen LogP contribution >= 0.6 is 0 Å². The maximum atomic E-state index is 5.65. The summed E-state index contributed by atoms with van der Waals surface area (Å²) >= 11 is 0. The van der Waals surface area contributed by atoms with Crippen molar-refractivity contribution in [2.45, 2.75) is 12.8 Å². The molecular weight excluding hydrogens is 198 g/mol. The summed E-state index contributed by atoms with van der Waals surface area (Å²) in [6, 6.07) is 7.96. The van der Waals surface area contributed by atoms with E-state index in [9.17, 15) is 0 Å². The average molecular weight is 217 g/mol. The van der Waals surface area contributed by atoms with E-state index in [-0.39, 0.29) is 0 Å². The zero-order valence-electron chi connectivity index (χ0n) is 9.61. The lowest BCUT2D eigenvalue weighted by atomic mass is 10.3. The largest absolute Gasteiger partial charge is 0.491 e. The minimum absolute atomic E-state index is 0.670. The maximum absolute atomic E-state index is 5.65. The third-order valence-corrected chi connectivity index (χ3v) is 2.13. The van der Waals surface area contributed by atoms with Crippen LogP contribution in [0.2, 0.25) is 0 Å². The smallest absolute Gasteiger partial charge is 0.142 e. The average Bonchev–Trinajstić information content (AvgIpc) is 2.32. The zero-order chi connectivity index (χ0) is 11.6. The standard InChI is InChI=1S/C14H19NO/c1-3-5-11-15-13-9-7-8-10-14(13)16-12-6-4-2/h3-4,7-10,15H,1-2,5-6,11-12H2. The summed E-state index contributed by atoms with van der Waals surface area (Å²) in [5.74, 6) is 0.897. The van der Waals surface area contributed by atoms with Crippen LogP contribution in [0.15, 0.2) is 49.6 Å². The third-order valence-electron chi connectivity index (χ3n) is 2.13. The Kier molecular flexibility index (Phi) is 5.86. The van der Waals surface area contributed by atoms with Crippen molar-refractivity contribution < 1.29 is 4.74 Å². The highest BCUT2D eigenvalue weighted by Crippen LogP contribution is 2.23. The highest BCUT2D eigenvalue weighted by molar-refractivity contribution is 5.56. The molecular formula is C14H19NO. The molecule has 0 heterocycles. The molecule has 1 N–H and O–H groups in total. The molecule has 0 aromatic heterocycles. The van der Waals surface area contributed by atoms with Crippen molar-refractivity contribution in [2.24, 2.45) is 0 Å². The minimum atomic E-state index is 0.670. The van der Waals surface area contributed by atoms with E-state index in [1.807, 2.05) is 36.4 Å². The Labute approximate surface area is 97.6 Å².